The van der Waals surface area contributed by atoms with Crippen LogP contribution in [0.2, 0.25) is 0 Å². The number of carbonyl (C=O) groups is 2. The molecule has 2 amide bonds. The lowest BCUT2D eigenvalue weighted by molar-refractivity contribution is -0.117. The van der Waals surface area contributed by atoms with Gasteiger partial charge in [-0.15, -0.1) is 0 Å². The van der Waals surface area contributed by atoms with Crippen molar-refractivity contribution >= 4 is 35.4 Å². The van der Waals surface area contributed by atoms with Crippen molar-refractivity contribution in [3.63, 3.8) is 0 Å². The van der Waals surface area contributed by atoms with Crippen molar-refractivity contribution < 1.29 is 19.8 Å². The normalized spacial score (nSPS) is 19.6. The third-order valence-corrected chi connectivity index (χ3v) is 6.25. The van der Waals surface area contributed by atoms with Crippen LogP contribution in [-0.4, -0.2) is 70.2 Å². The lowest BCUT2D eigenvalue weighted by Crippen LogP contribution is -2.41. The Hall–Kier alpha value is -4.24. The van der Waals surface area contributed by atoms with Crippen LogP contribution in [0.4, 0.5) is 5.69 Å². The largest absolute Gasteiger partial charge is 0.763 e. The standard InChI is InChI=1S/C27H27N6O4/c1-16-9-24(32-26-8-3-18(11-28)12-30-26)22-10-19(5-7-25(22)33(16)17(2)36)23-6-4-20(13-29-23)27(37)31-21(14-34)15-35/h3-8,10,12-13,16,21,24,34-35H,9,14-15H2,1-2H3,(H,31,37)/q-1/t16-,24?/m0/s1. The van der Waals surface area contributed by atoms with E-state index in [0.29, 0.717) is 29.1 Å². The van der Waals surface area contributed by atoms with E-state index >= 15 is 0 Å². The van der Waals surface area contributed by atoms with Crippen LogP contribution in [0, 0.1) is 0 Å². The van der Waals surface area contributed by atoms with Gasteiger partial charge in [0.05, 0.1) is 36.6 Å². The van der Waals surface area contributed by atoms with E-state index in [1.54, 1.807) is 29.2 Å². The molecule has 2 atom stereocenters. The summed E-state index contributed by atoms with van der Waals surface area (Å²) in [4.78, 5) is 40.1. The number of aliphatic hydroxyl groups is 2. The van der Waals surface area contributed by atoms with Crippen LogP contribution in [0.1, 0.15) is 42.2 Å². The van der Waals surface area contributed by atoms with Crippen molar-refractivity contribution in [1.29, 1.82) is 0 Å². The molecule has 10 heteroatoms. The molecule has 0 spiro atoms. The van der Waals surface area contributed by atoms with Crippen molar-refractivity contribution in [1.82, 2.24) is 10.3 Å². The van der Waals surface area contributed by atoms with E-state index < -0.39 is 11.9 Å². The SMILES string of the molecule is CC(=O)N1c2ccc(-c3ccc(C(=O)NC(CO)CO)cn3)cc2C(N=C2C=CC(=C=[N-])C=N2)C[C@@H]1C. The second kappa shape index (κ2) is 11.2. The highest BCUT2D eigenvalue weighted by molar-refractivity contribution is 6.09. The van der Waals surface area contributed by atoms with Gasteiger partial charge in [0.15, 0.2) is 0 Å². The number of aromatic nitrogens is 1. The Bertz CT molecular complexity index is 1320. The summed E-state index contributed by atoms with van der Waals surface area (Å²) in [5.41, 5.74) is 3.79. The number of hydrogen-bond acceptors (Lipinski definition) is 6. The lowest BCUT2D eigenvalue weighted by atomic mass is 9.90. The van der Waals surface area contributed by atoms with E-state index in [4.69, 9.17) is 10.4 Å². The molecular formula is C27H27N6O4-. The van der Waals surface area contributed by atoms with Crippen molar-refractivity contribution in [3.05, 3.63) is 70.8 Å². The van der Waals surface area contributed by atoms with Gasteiger partial charge in [0, 0.05) is 47.8 Å². The molecule has 3 N–H and O–H groups in total. The second-order valence-electron chi connectivity index (χ2n) is 8.88. The maximum Gasteiger partial charge on any atom is 0.253 e. The molecule has 1 aromatic carbocycles. The highest BCUT2D eigenvalue weighted by Crippen LogP contribution is 2.41. The summed E-state index contributed by atoms with van der Waals surface area (Å²) >= 11 is 0. The molecular weight excluding hydrogens is 472 g/mol. The highest BCUT2D eigenvalue weighted by Gasteiger charge is 2.33. The summed E-state index contributed by atoms with van der Waals surface area (Å²) in [7, 11) is 0. The number of aliphatic imine (C=N–C) groups is 2. The smallest absolute Gasteiger partial charge is 0.253 e. The highest BCUT2D eigenvalue weighted by atomic mass is 16.3. The van der Waals surface area contributed by atoms with Gasteiger partial charge in [0.25, 0.3) is 5.91 Å². The summed E-state index contributed by atoms with van der Waals surface area (Å²) in [6, 6.07) is 7.96. The number of anilines is 1. The van der Waals surface area contributed by atoms with E-state index in [-0.39, 0.29) is 31.2 Å². The number of pyridine rings is 1. The second-order valence-corrected chi connectivity index (χ2v) is 8.88. The maximum atomic E-state index is 12.5. The predicted octanol–water partition coefficient (Wildman–Crippen LogP) is 2.22. The Balaban J connectivity index is 1.67. The van der Waals surface area contributed by atoms with Crippen LogP contribution in [0.5, 0.6) is 0 Å². The topological polar surface area (TPSA) is 150 Å². The average Bonchev–Trinajstić information content (AvgIpc) is 2.91. The number of carbonyl (C=O) groups excluding carboxylic acids is 2. The molecule has 0 radical (unpaired) electrons. The van der Waals surface area contributed by atoms with Crippen LogP contribution >= 0.6 is 0 Å². The van der Waals surface area contributed by atoms with Crippen molar-refractivity contribution in [2.45, 2.75) is 38.4 Å². The third-order valence-electron chi connectivity index (χ3n) is 6.25. The number of nitrogens with one attached hydrogen (secondary N) is 1. The first-order valence-electron chi connectivity index (χ1n) is 11.8. The molecule has 0 saturated heterocycles. The number of amidine groups is 1. The van der Waals surface area contributed by atoms with Gasteiger partial charge < -0.3 is 25.8 Å². The molecule has 1 unspecified atom stereocenters. The van der Waals surface area contributed by atoms with Gasteiger partial charge in [-0.25, -0.2) is 4.99 Å². The van der Waals surface area contributed by atoms with Crippen molar-refractivity contribution in [2.75, 3.05) is 18.1 Å². The Morgan fingerprint density at radius 3 is 2.62 bits per heavy atom. The fourth-order valence-corrected chi connectivity index (χ4v) is 4.40. The maximum absolute atomic E-state index is 12.5. The monoisotopic (exact) mass is 499 g/mol. The molecule has 0 bridgehead atoms. The minimum absolute atomic E-state index is 0.0611. The fraction of sp³-hybridized carbons (Fsp3) is 0.296. The van der Waals surface area contributed by atoms with Gasteiger partial charge in [-0.1, -0.05) is 6.07 Å². The molecule has 10 nitrogen and oxygen atoms in total. The number of aliphatic hydroxyl groups excluding tert-OH is 2. The number of amides is 2. The molecule has 3 heterocycles. The number of rotatable bonds is 6. The van der Waals surface area contributed by atoms with Crippen LogP contribution in [-0.2, 0) is 4.79 Å². The van der Waals surface area contributed by atoms with Gasteiger partial charge in [-0.2, -0.15) is 0 Å². The first kappa shape index (κ1) is 25.8. The minimum Gasteiger partial charge on any atom is -0.763 e. The average molecular weight is 500 g/mol. The molecule has 190 valence electrons. The summed E-state index contributed by atoms with van der Waals surface area (Å²) < 4.78 is 0. The number of benzene rings is 1. The molecule has 4 rings (SSSR count). The zero-order valence-corrected chi connectivity index (χ0v) is 20.5. The first-order chi connectivity index (χ1) is 17.8. The Labute approximate surface area is 214 Å². The molecule has 2 aliphatic heterocycles. The molecule has 2 aromatic rings. The van der Waals surface area contributed by atoms with E-state index in [1.165, 1.54) is 19.3 Å². The van der Waals surface area contributed by atoms with E-state index in [2.05, 4.69) is 15.3 Å². The number of dihydropyridines is 1. The van der Waals surface area contributed by atoms with Gasteiger partial charge >= 0.3 is 0 Å². The van der Waals surface area contributed by atoms with Crippen molar-refractivity contribution in [2.24, 2.45) is 9.98 Å². The van der Waals surface area contributed by atoms with Crippen LogP contribution < -0.4 is 10.2 Å². The Kier molecular flexibility index (Phi) is 7.83. The van der Waals surface area contributed by atoms with Crippen LogP contribution in [0.25, 0.3) is 16.7 Å². The molecule has 37 heavy (non-hydrogen) atoms. The van der Waals surface area contributed by atoms with Gasteiger partial charge in [-0.3, -0.25) is 25.4 Å². The third kappa shape index (κ3) is 5.62. The lowest BCUT2D eigenvalue weighted by Gasteiger charge is -2.38. The van der Waals surface area contributed by atoms with Crippen LogP contribution in [0.3, 0.4) is 0 Å². The van der Waals surface area contributed by atoms with Gasteiger partial charge in [0.1, 0.15) is 5.84 Å². The fourth-order valence-electron chi connectivity index (χ4n) is 4.40. The minimum atomic E-state index is -0.745. The van der Waals surface area contributed by atoms with Crippen molar-refractivity contribution in [3.8, 4) is 11.3 Å². The summed E-state index contributed by atoms with van der Waals surface area (Å²) in [6.45, 7) is 2.78. The molecule has 2 aliphatic rings. The van der Waals surface area contributed by atoms with Gasteiger partial charge in [0.2, 0.25) is 5.91 Å². The summed E-state index contributed by atoms with van der Waals surface area (Å²) in [5.74, 6) is 2.04. The molecule has 0 fully saturated rings. The van der Waals surface area contributed by atoms with E-state index in [9.17, 15) is 19.8 Å². The van der Waals surface area contributed by atoms with Crippen LogP contribution in [0.15, 0.2) is 64.2 Å². The Morgan fingerprint density at radius 2 is 2.03 bits per heavy atom. The predicted molar refractivity (Wildman–Crippen MR) is 142 cm³/mol. The molecule has 0 aliphatic carbocycles. The number of fused-ring (bicyclic) bond motifs is 1. The number of nitrogens with zero attached hydrogens (tertiary/aromatic N) is 5. The van der Waals surface area contributed by atoms with Gasteiger partial charge in [-0.05, 0) is 49.8 Å². The first-order valence-corrected chi connectivity index (χ1v) is 11.8. The summed E-state index contributed by atoms with van der Waals surface area (Å²) in [6.07, 6.45) is 6.88. The quantitative estimate of drug-likeness (QED) is 0.521. The zero-order chi connectivity index (χ0) is 26.5. The Morgan fingerprint density at radius 1 is 1.24 bits per heavy atom. The number of allylic oxidation sites excluding steroid dienone is 2. The summed E-state index contributed by atoms with van der Waals surface area (Å²) in [5, 5.41) is 29.9. The number of hydrogen-bond donors (Lipinski definition) is 3. The molecule has 0 saturated carbocycles. The zero-order valence-electron chi connectivity index (χ0n) is 20.5. The van der Waals surface area contributed by atoms with E-state index in [0.717, 1.165) is 16.8 Å². The van der Waals surface area contributed by atoms with E-state index in [1.807, 2.05) is 31.0 Å². The molecule has 1 aromatic heterocycles.